The molecule has 0 aliphatic carbocycles. The standard InChI is InChI=1S/C24H18BrN3O/c25-23-22-19(14-16-8-3-1-4-9-16)26-27-24(29)18-12-7-13-20(21(18)22)28(23)15-17-10-5-2-6-11-17/h1-13H,14-15H2,(H,27,29). The Hall–Kier alpha value is -3.18. The van der Waals surface area contributed by atoms with E-state index < -0.39 is 0 Å². The number of hydrogen-bond acceptors (Lipinski definition) is 2. The maximum atomic E-state index is 12.7. The number of halogens is 1. The molecule has 1 aliphatic rings. The van der Waals surface area contributed by atoms with Gasteiger partial charge in [0.1, 0.15) is 0 Å². The van der Waals surface area contributed by atoms with Gasteiger partial charge in [-0.25, -0.2) is 5.43 Å². The van der Waals surface area contributed by atoms with Gasteiger partial charge in [0.2, 0.25) is 0 Å². The molecule has 1 amide bonds. The number of hydrogen-bond donors (Lipinski definition) is 1. The third-order valence-corrected chi connectivity index (χ3v) is 6.07. The quantitative estimate of drug-likeness (QED) is 0.466. The van der Waals surface area contributed by atoms with Crippen LogP contribution in [0.25, 0.3) is 10.9 Å². The largest absolute Gasteiger partial charge is 0.330 e. The van der Waals surface area contributed by atoms with Crippen molar-refractivity contribution in [3.63, 3.8) is 0 Å². The molecule has 29 heavy (non-hydrogen) atoms. The summed E-state index contributed by atoms with van der Waals surface area (Å²) in [7, 11) is 0. The summed E-state index contributed by atoms with van der Waals surface area (Å²) in [6, 6.07) is 26.4. The first kappa shape index (κ1) is 17.9. The predicted octanol–water partition coefficient (Wildman–Crippen LogP) is 5.14. The third kappa shape index (κ3) is 3.17. The molecule has 142 valence electrons. The SMILES string of the molecule is O=C1NN=C(Cc2ccccc2)c2c(Br)n(Cc3ccccc3)c3cccc1c23. The first-order valence-electron chi connectivity index (χ1n) is 9.48. The molecule has 4 nitrogen and oxygen atoms in total. The number of carbonyl (C=O) groups excluding carboxylic acids is 1. The molecule has 4 aromatic rings. The molecule has 1 aromatic heterocycles. The van der Waals surface area contributed by atoms with Crippen molar-refractivity contribution >= 4 is 38.5 Å². The lowest BCUT2D eigenvalue weighted by Crippen LogP contribution is -2.18. The van der Waals surface area contributed by atoms with Crippen molar-refractivity contribution in [1.82, 2.24) is 9.99 Å². The van der Waals surface area contributed by atoms with Gasteiger partial charge in [0.15, 0.2) is 0 Å². The number of nitrogens with one attached hydrogen (secondary N) is 1. The van der Waals surface area contributed by atoms with E-state index in [0.717, 1.165) is 32.3 Å². The Balaban J connectivity index is 1.71. The summed E-state index contributed by atoms with van der Waals surface area (Å²) in [5, 5.41) is 5.44. The predicted molar refractivity (Wildman–Crippen MR) is 119 cm³/mol. The van der Waals surface area contributed by atoms with Crippen LogP contribution in [0, 0.1) is 0 Å². The zero-order valence-electron chi connectivity index (χ0n) is 15.6. The minimum absolute atomic E-state index is 0.177. The summed E-state index contributed by atoms with van der Waals surface area (Å²) >= 11 is 3.83. The van der Waals surface area contributed by atoms with E-state index in [4.69, 9.17) is 0 Å². The molecule has 0 fully saturated rings. The fourth-order valence-corrected chi connectivity index (χ4v) is 4.64. The molecule has 1 aliphatic heterocycles. The number of amides is 1. The van der Waals surface area contributed by atoms with Crippen molar-refractivity contribution in [3.8, 4) is 0 Å². The van der Waals surface area contributed by atoms with E-state index in [1.165, 1.54) is 5.56 Å². The average molecular weight is 444 g/mol. The highest BCUT2D eigenvalue weighted by Gasteiger charge is 2.27. The molecule has 0 saturated carbocycles. The van der Waals surface area contributed by atoms with Gasteiger partial charge in [-0.15, -0.1) is 0 Å². The van der Waals surface area contributed by atoms with E-state index in [0.29, 0.717) is 18.5 Å². The van der Waals surface area contributed by atoms with Gasteiger partial charge < -0.3 is 4.57 Å². The molecule has 0 saturated heterocycles. The first-order chi connectivity index (χ1) is 14.2. The van der Waals surface area contributed by atoms with Crippen molar-refractivity contribution in [2.45, 2.75) is 13.0 Å². The van der Waals surface area contributed by atoms with Gasteiger partial charge in [-0.2, -0.15) is 5.10 Å². The zero-order chi connectivity index (χ0) is 19.8. The van der Waals surface area contributed by atoms with Crippen LogP contribution in [-0.2, 0) is 13.0 Å². The van der Waals surface area contributed by atoms with Crippen LogP contribution in [0.5, 0.6) is 0 Å². The fourth-order valence-electron chi connectivity index (χ4n) is 3.90. The molecule has 0 bridgehead atoms. The van der Waals surface area contributed by atoms with Gasteiger partial charge >= 0.3 is 0 Å². The molecule has 0 atom stereocenters. The second-order valence-electron chi connectivity index (χ2n) is 7.10. The summed E-state index contributed by atoms with van der Waals surface area (Å²) in [6.07, 6.45) is 0.637. The van der Waals surface area contributed by atoms with Crippen molar-refractivity contribution in [2.24, 2.45) is 5.10 Å². The topological polar surface area (TPSA) is 46.4 Å². The van der Waals surface area contributed by atoms with Gasteiger partial charge in [-0.1, -0.05) is 66.7 Å². The van der Waals surface area contributed by atoms with E-state index in [2.05, 4.69) is 61.4 Å². The average Bonchev–Trinajstić information content (AvgIpc) is 2.95. The van der Waals surface area contributed by atoms with E-state index in [1.54, 1.807) is 0 Å². The van der Waals surface area contributed by atoms with Gasteiger partial charge in [-0.05, 0) is 39.2 Å². The normalized spacial score (nSPS) is 13.1. The van der Waals surface area contributed by atoms with Gasteiger partial charge in [-0.3, -0.25) is 4.79 Å². The summed E-state index contributed by atoms with van der Waals surface area (Å²) in [5.74, 6) is -0.177. The van der Waals surface area contributed by atoms with Crippen LogP contribution in [0.2, 0.25) is 0 Å². The molecular weight excluding hydrogens is 426 g/mol. The van der Waals surface area contributed by atoms with E-state index in [9.17, 15) is 4.79 Å². The number of carbonyl (C=O) groups is 1. The summed E-state index contributed by atoms with van der Waals surface area (Å²) in [4.78, 5) is 12.7. The second kappa shape index (κ2) is 7.33. The van der Waals surface area contributed by atoms with E-state index in [-0.39, 0.29) is 5.91 Å². The Labute approximate surface area is 177 Å². The highest BCUT2D eigenvalue weighted by atomic mass is 79.9. The van der Waals surface area contributed by atoms with Gasteiger partial charge in [0.25, 0.3) is 5.91 Å². The first-order valence-corrected chi connectivity index (χ1v) is 10.3. The van der Waals surface area contributed by atoms with Crippen LogP contribution >= 0.6 is 15.9 Å². The highest BCUT2D eigenvalue weighted by Crippen LogP contribution is 2.35. The monoisotopic (exact) mass is 443 g/mol. The number of rotatable bonds is 4. The van der Waals surface area contributed by atoms with Crippen LogP contribution in [0.15, 0.2) is 88.6 Å². The Bertz CT molecular complexity index is 1240. The number of hydrazone groups is 1. The molecule has 0 unspecified atom stereocenters. The Morgan fingerprint density at radius 1 is 0.862 bits per heavy atom. The minimum Gasteiger partial charge on any atom is -0.330 e. The van der Waals surface area contributed by atoms with Crippen LogP contribution < -0.4 is 5.43 Å². The molecule has 2 heterocycles. The molecule has 5 heteroatoms. The molecule has 1 N–H and O–H groups in total. The maximum absolute atomic E-state index is 12.7. The zero-order valence-corrected chi connectivity index (χ0v) is 17.2. The Morgan fingerprint density at radius 2 is 1.55 bits per heavy atom. The van der Waals surface area contributed by atoms with E-state index in [1.807, 2.05) is 48.5 Å². The van der Waals surface area contributed by atoms with Crippen LogP contribution in [0.1, 0.15) is 27.0 Å². The molecule has 0 spiro atoms. The second-order valence-corrected chi connectivity index (χ2v) is 7.85. The van der Waals surface area contributed by atoms with Crippen molar-refractivity contribution in [1.29, 1.82) is 0 Å². The third-order valence-electron chi connectivity index (χ3n) is 5.25. The fraction of sp³-hybridized carbons (Fsp3) is 0.0833. The lowest BCUT2D eigenvalue weighted by molar-refractivity contribution is 0.0957. The summed E-state index contributed by atoms with van der Waals surface area (Å²) in [6.45, 7) is 0.710. The molecule has 5 rings (SSSR count). The Morgan fingerprint density at radius 3 is 2.28 bits per heavy atom. The molecular formula is C24H18BrN3O. The lowest BCUT2D eigenvalue weighted by atomic mass is 9.99. The van der Waals surface area contributed by atoms with Crippen LogP contribution in [0.3, 0.4) is 0 Å². The van der Waals surface area contributed by atoms with Crippen LogP contribution in [0.4, 0.5) is 0 Å². The summed E-state index contributed by atoms with van der Waals surface area (Å²) in [5.41, 5.74) is 8.57. The number of aromatic nitrogens is 1. The lowest BCUT2D eigenvalue weighted by Gasteiger charge is -2.10. The van der Waals surface area contributed by atoms with Crippen molar-refractivity contribution in [3.05, 3.63) is 106 Å². The smallest absolute Gasteiger partial charge is 0.272 e. The van der Waals surface area contributed by atoms with Crippen molar-refractivity contribution in [2.75, 3.05) is 0 Å². The van der Waals surface area contributed by atoms with Gasteiger partial charge in [0, 0.05) is 23.9 Å². The molecule has 0 radical (unpaired) electrons. The minimum atomic E-state index is -0.177. The van der Waals surface area contributed by atoms with Crippen molar-refractivity contribution < 1.29 is 4.79 Å². The van der Waals surface area contributed by atoms with E-state index >= 15 is 0 Å². The van der Waals surface area contributed by atoms with Crippen LogP contribution in [-0.4, -0.2) is 16.2 Å². The number of nitrogens with zero attached hydrogens (tertiary/aromatic N) is 2. The highest BCUT2D eigenvalue weighted by molar-refractivity contribution is 9.10. The Kier molecular flexibility index (Phi) is 4.52. The summed E-state index contributed by atoms with van der Waals surface area (Å²) < 4.78 is 3.15. The maximum Gasteiger partial charge on any atom is 0.272 e. The molecule has 3 aromatic carbocycles. The number of benzene rings is 3. The van der Waals surface area contributed by atoms with Gasteiger partial charge in [0.05, 0.1) is 21.4 Å².